The van der Waals surface area contributed by atoms with Crippen molar-refractivity contribution in [2.24, 2.45) is 0 Å². The van der Waals surface area contributed by atoms with Crippen LogP contribution in [-0.2, 0) is 12.8 Å². The number of alkyl halides is 16. The minimum absolute atomic E-state index is 0.214. The zero-order valence-corrected chi connectivity index (χ0v) is 22.8. The van der Waals surface area contributed by atoms with E-state index in [1.807, 2.05) is 0 Å². The average Bonchev–Trinajstić information content (AvgIpc) is 2.80. The molecule has 0 nitrogen and oxygen atoms in total. The van der Waals surface area contributed by atoms with E-state index in [1.54, 1.807) is 0 Å². The number of aryl methyl sites for hydroxylation is 2. The molecular formula is C22H16F14I2-2. The van der Waals surface area contributed by atoms with Gasteiger partial charge in [-0.15, -0.1) is 0 Å². The Morgan fingerprint density at radius 1 is 0.421 bits per heavy atom. The van der Waals surface area contributed by atoms with Crippen LogP contribution in [0.5, 0.6) is 0 Å². The summed E-state index contributed by atoms with van der Waals surface area (Å²) in [6.45, 7) is 0. The van der Waals surface area contributed by atoms with E-state index in [9.17, 15) is 61.5 Å². The first kappa shape index (κ1) is 33.1. The second kappa shape index (κ2) is 11.8. The summed E-state index contributed by atoms with van der Waals surface area (Å²) in [4.78, 5) is 0. The summed E-state index contributed by atoms with van der Waals surface area (Å²) in [6.07, 6.45) is -12.0. The summed E-state index contributed by atoms with van der Waals surface area (Å²) < 4.78 is 176. The molecule has 2 aromatic rings. The Balaban J connectivity index is 1.89. The van der Waals surface area contributed by atoms with Gasteiger partial charge in [-0.05, 0) is 0 Å². The summed E-state index contributed by atoms with van der Waals surface area (Å²) in [6, 6.07) is 11.3. The van der Waals surface area contributed by atoms with Crippen LogP contribution in [0.4, 0.5) is 61.5 Å². The van der Waals surface area contributed by atoms with Gasteiger partial charge in [0.1, 0.15) is 0 Å². The fraction of sp³-hybridized carbons (Fsp3) is 0.455. The minimum atomic E-state index is -6.38. The van der Waals surface area contributed by atoms with Crippen molar-refractivity contribution in [1.29, 1.82) is 0 Å². The molecule has 0 N–H and O–H groups in total. The SMILES string of the molecule is FC(F)(F)C(F)(F)C(F)(F)C[I-]c1ccc(CCc2ccc([I-]CC(F)(F)C(F)(F)C(F)(F)F)cc2)cc1. The van der Waals surface area contributed by atoms with Crippen LogP contribution >= 0.6 is 0 Å². The second-order valence-electron chi connectivity index (χ2n) is 7.84. The molecule has 0 fully saturated rings. The molecular weight excluding hydrogens is 784 g/mol. The molecule has 0 unspecified atom stereocenters. The van der Waals surface area contributed by atoms with Gasteiger partial charge in [-0.3, -0.25) is 0 Å². The second-order valence-corrected chi connectivity index (χ2v) is 13.4. The first-order valence-electron chi connectivity index (χ1n) is 10.1. The van der Waals surface area contributed by atoms with Crippen molar-refractivity contribution in [2.45, 2.75) is 48.9 Å². The standard InChI is InChI=1S/C22H16F14I2/c23-17(24,19(27,28)21(31,32)33)11-37-15-7-3-13(4-8-15)1-2-14-5-9-16(10-6-14)38-12-18(25,26)20(29,30)22(34,35)36/h3-10H,1-2,11-12H2/q-2. The predicted molar refractivity (Wildman–Crippen MR) is 99.3 cm³/mol. The Kier molecular flexibility index (Phi) is 10.3. The third-order valence-electron chi connectivity index (χ3n) is 4.94. The van der Waals surface area contributed by atoms with Gasteiger partial charge in [0.05, 0.1) is 0 Å². The van der Waals surface area contributed by atoms with Crippen molar-refractivity contribution >= 4 is 0 Å². The maximum absolute atomic E-state index is 13.4. The van der Waals surface area contributed by atoms with Crippen molar-refractivity contribution < 1.29 is 104 Å². The fourth-order valence-corrected chi connectivity index (χ4v) is 7.21. The third kappa shape index (κ3) is 7.77. The van der Waals surface area contributed by atoms with Crippen LogP contribution in [0.3, 0.4) is 0 Å². The molecule has 0 aliphatic carbocycles. The molecule has 0 bridgehead atoms. The van der Waals surface area contributed by atoms with Crippen molar-refractivity contribution in [1.82, 2.24) is 0 Å². The molecule has 0 saturated carbocycles. The van der Waals surface area contributed by atoms with Crippen molar-refractivity contribution in [2.75, 3.05) is 8.86 Å². The zero-order valence-electron chi connectivity index (χ0n) is 18.5. The monoisotopic (exact) mass is 800 g/mol. The van der Waals surface area contributed by atoms with E-state index in [-0.39, 0.29) is 7.14 Å². The number of benzene rings is 2. The zero-order chi connectivity index (χ0) is 29.2. The molecule has 0 atom stereocenters. The van der Waals surface area contributed by atoms with Crippen LogP contribution in [-0.4, -0.2) is 44.9 Å². The summed E-state index contributed by atoms with van der Waals surface area (Å²) >= 11 is -3.73. The molecule has 218 valence electrons. The Labute approximate surface area is 227 Å². The van der Waals surface area contributed by atoms with Gasteiger partial charge in [0.2, 0.25) is 0 Å². The van der Waals surface area contributed by atoms with Crippen LogP contribution < -0.4 is 42.4 Å². The average molecular weight is 800 g/mol. The quantitative estimate of drug-likeness (QED) is 0.185. The summed E-state index contributed by atoms with van der Waals surface area (Å²) in [5.74, 6) is -22.8. The van der Waals surface area contributed by atoms with Gasteiger partial charge in [-0.2, -0.15) is 0 Å². The van der Waals surface area contributed by atoms with Gasteiger partial charge >= 0.3 is 228 Å². The normalized spacial score (nSPS) is 14.4. The molecule has 0 saturated heterocycles. The number of rotatable bonds is 11. The Hall–Kier alpha value is -1.08. The Morgan fingerprint density at radius 2 is 0.684 bits per heavy atom. The van der Waals surface area contributed by atoms with Crippen LogP contribution in [0.2, 0.25) is 0 Å². The van der Waals surface area contributed by atoms with Gasteiger partial charge in [0.25, 0.3) is 0 Å². The summed E-state index contributed by atoms with van der Waals surface area (Å²) in [5, 5.41) is 0. The molecule has 0 aliphatic rings. The molecule has 0 radical (unpaired) electrons. The molecule has 0 spiro atoms. The van der Waals surface area contributed by atoms with E-state index in [0.717, 1.165) is 0 Å². The molecule has 2 rings (SSSR count). The van der Waals surface area contributed by atoms with Gasteiger partial charge in [-0.25, -0.2) is 0 Å². The maximum atomic E-state index is 13.4. The number of hydrogen-bond acceptors (Lipinski definition) is 0. The molecule has 0 aliphatic heterocycles. The summed E-state index contributed by atoms with van der Waals surface area (Å²) in [5.41, 5.74) is 1.33. The Morgan fingerprint density at radius 3 is 0.921 bits per heavy atom. The van der Waals surface area contributed by atoms with Crippen LogP contribution in [0.1, 0.15) is 11.1 Å². The molecule has 0 amide bonds. The van der Waals surface area contributed by atoms with Gasteiger partial charge < -0.3 is 0 Å². The van der Waals surface area contributed by atoms with E-state index < -0.39 is 87.3 Å². The van der Waals surface area contributed by atoms with E-state index >= 15 is 0 Å². The van der Waals surface area contributed by atoms with E-state index in [4.69, 9.17) is 0 Å². The molecule has 0 aromatic heterocycles. The van der Waals surface area contributed by atoms with Crippen LogP contribution in [0.15, 0.2) is 48.5 Å². The number of hydrogen-bond donors (Lipinski definition) is 0. The van der Waals surface area contributed by atoms with Crippen LogP contribution in [0, 0.1) is 7.14 Å². The van der Waals surface area contributed by atoms with Crippen molar-refractivity contribution in [3.05, 3.63) is 66.8 Å². The van der Waals surface area contributed by atoms with Gasteiger partial charge in [-0.1, -0.05) is 0 Å². The topological polar surface area (TPSA) is 0 Å². The van der Waals surface area contributed by atoms with Crippen molar-refractivity contribution in [3.8, 4) is 0 Å². The molecule has 38 heavy (non-hydrogen) atoms. The van der Waals surface area contributed by atoms with E-state index in [1.165, 1.54) is 48.5 Å². The van der Waals surface area contributed by atoms with E-state index in [0.29, 0.717) is 24.0 Å². The number of halogens is 16. The van der Waals surface area contributed by atoms with Gasteiger partial charge in [0, 0.05) is 0 Å². The van der Waals surface area contributed by atoms with Gasteiger partial charge in [0.15, 0.2) is 0 Å². The molecule has 2 aromatic carbocycles. The first-order valence-corrected chi connectivity index (χ1v) is 15.3. The molecule has 0 heterocycles. The van der Waals surface area contributed by atoms with Crippen molar-refractivity contribution in [3.63, 3.8) is 0 Å². The Bertz CT molecular complexity index is 956. The van der Waals surface area contributed by atoms with E-state index in [2.05, 4.69) is 0 Å². The summed E-state index contributed by atoms with van der Waals surface area (Å²) in [7, 11) is 0. The van der Waals surface area contributed by atoms with Crippen LogP contribution in [0.25, 0.3) is 0 Å². The predicted octanol–water partition coefficient (Wildman–Crippen LogP) is 1.65. The third-order valence-corrected chi connectivity index (χ3v) is 10.8. The molecule has 16 heteroatoms. The fourth-order valence-electron chi connectivity index (χ4n) is 2.67. The first-order chi connectivity index (χ1) is 17.1.